The summed E-state index contributed by atoms with van der Waals surface area (Å²) >= 11 is 0. The first kappa shape index (κ1) is 15.8. The Bertz CT molecular complexity index is 895. The fourth-order valence-electron chi connectivity index (χ4n) is 2.74. The summed E-state index contributed by atoms with van der Waals surface area (Å²) in [5.41, 5.74) is 3.81. The Morgan fingerprint density at radius 2 is 1.75 bits per heavy atom. The van der Waals surface area contributed by atoms with E-state index in [1.165, 1.54) is 0 Å². The number of para-hydroxylation sites is 2. The molecule has 0 amide bonds. The highest BCUT2D eigenvalue weighted by molar-refractivity contribution is 5.96. The van der Waals surface area contributed by atoms with Gasteiger partial charge in [0, 0.05) is 5.56 Å². The van der Waals surface area contributed by atoms with Gasteiger partial charge in [0.25, 0.3) is 0 Å². The molecule has 0 saturated carbocycles. The zero-order valence-electron chi connectivity index (χ0n) is 13.8. The minimum absolute atomic E-state index is 0.199. The SMILES string of the molecule is COc1ccccc1-n1nc(C)c(C(=O)O)c1-c1ccc(C)cc1. The van der Waals surface area contributed by atoms with Crippen LogP contribution in [-0.2, 0) is 0 Å². The first-order valence-electron chi connectivity index (χ1n) is 7.56. The van der Waals surface area contributed by atoms with Crippen LogP contribution in [0.4, 0.5) is 0 Å². The van der Waals surface area contributed by atoms with Gasteiger partial charge >= 0.3 is 5.97 Å². The number of ether oxygens (including phenoxy) is 1. The minimum atomic E-state index is -0.996. The van der Waals surface area contributed by atoms with Crippen LogP contribution in [0.15, 0.2) is 48.5 Å². The van der Waals surface area contributed by atoms with E-state index in [4.69, 9.17) is 4.74 Å². The van der Waals surface area contributed by atoms with Crippen molar-refractivity contribution in [2.24, 2.45) is 0 Å². The Morgan fingerprint density at radius 1 is 1.08 bits per heavy atom. The highest BCUT2D eigenvalue weighted by atomic mass is 16.5. The van der Waals surface area contributed by atoms with Crippen molar-refractivity contribution in [3.8, 4) is 22.7 Å². The van der Waals surface area contributed by atoms with Gasteiger partial charge in [-0.3, -0.25) is 0 Å². The molecular formula is C19H18N2O3. The van der Waals surface area contributed by atoms with E-state index in [-0.39, 0.29) is 5.56 Å². The van der Waals surface area contributed by atoms with Crippen LogP contribution in [-0.4, -0.2) is 28.0 Å². The molecule has 24 heavy (non-hydrogen) atoms. The lowest BCUT2D eigenvalue weighted by Gasteiger charge is -2.12. The summed E-state index contributed by atoms with van der Waals surface area (Å²) in [5.74, 6) is -0.366. The van der Waals surface area contributed by atoms with Gasteiger partial charge in [-0.2, -0.15) is 5.10 Å². The number of carbonyl (C=O) groups is 1. The second-order valence-corrected chi connectivity index (χ2v) is 5.56. The van der Waals surface area contributed by atoms with Gasteiger partial charge in [-0.15, -0.1) is 0 Å². The lowest BCUT2D eigenvalue weighted by Crippen LogP contribution is -2.04. The van der Waals surface area contributed by atoms with Gasteiger partial charge in [-0.1, -0.05) is 42.0 Å². The zero-order chi connectivity index (χ0) is 17.3. The molecule has 0 radical (unpaired) electrons. The largest absolute Gasteiger partial charge is 0.494 e. The summed E-state index contributed by atoms with van der Waals surface area (Å²) < 4.78 is 7.05. The van der Waals surface area contributed by atoms with Gasteiger partial charge in [0.05, 0.1) is 18.5 Å². The molecule has 1 aromatic heterocycles. The van der Waals surface area contributed by atoms with Crippen LogP contribution in [0.5, 0.6) is 5.75 Å². The Kier molecular flexibility index (Phi) is 4.08. The van der Waals surface area contributed by atoms with Crippen LogP contribution in [0.1, 0.15) is 21.6 Å². The Balaban J connectivity index is 2.33. The van der Waals surface area contributed by atoms with Gasteiger partial charge in [0.15, 0.2) is 0 Å². The molecule has 0 unspecified atom stereocenters. The molecule has 5 nitrogen and oxygen atoms in total. The normalized spacial score (nSPS) is 10.6. The summed E-state index contributed by atoms with van der Waals surface area (Å²) in [7, 11) is 1.58. The van der Waals surface area contributed by atoms with E-state index in [0.717, 1.165) is 11.1 Å². The molecule has 2 aromatic carbocycles. The third-order valence-corrected chi connectivity index (χ3v) is 3.91. The maximum atomic E-state index is 11.8. The standard InChI is InChI=1S/C19H18N2O3/c1-12-8-10-14(11-9-12)18-17(19(22)23)13(2)20-21(18)15-6-4-5-7-16(15)24-3/h4-11H,1-3H3,(H,22,23). The van der Waals surface area contributed by atoms with Crippen molar-refractivity contribution in [3.05, 3.63) is 65.4 Å². The molecular weight excluding hydrogens is 304 g/mol. The zero-order valence-corrected chi connectivity index (χ0v) is 13.8. The van der Waals surface area contributed by atoms with E-state index in [0.29, 0.717) is 22.8 Å². The summed E-state index contributed by atoms with van der Waals surface area (Å²) in [6.07, 6.45) is 0. The number of hydrogen-bond donors (Lipinski definition) is 1. The molecule has 122 valence electrons. The van der Waals surface area contributed by atoms with Crippen LogP contribution in [0.2, 0.25) is 0 Å². The summed E-state index contributed by atoms with van der Waals surface area (Å²) in [5, 5.41) is 14.1. The third kappa shape index (κ3) is 2.65. The van der Waals surface area contributed by atoms with Crippen molar-refractivity contribution in [2.45, 2.75) is 13.8 Å². The summed E-state index contributed by atoms with van der Waals surface area (Å²) in [6.45, 7) is 3.69. The number of rotatable bonds is 4. The van der Waals surface area contributed by atoms with Gasteiger partial charge in [-0.05, 0) is 26.0 Å². The lowest BCUT2D eigenvalue weighted by molar-refractivity contribution is 0.0697. The van der Waals surface area contributed by atoms with Crippen molar-refractivity contribution >= 4 is 5.97 Å². The maximum absolute atomic E-state index is 11.8. The molecule has 0 spiro atoms. The number of carboxylic acids is 1. The van der Waals surface area contributed by atoms with Crippen molar-refractivity contribution < 1.29 is 14.6 Å². The van der Waals surface area contributed by atoms with Crippen LogP contribution >= 0.6 is 0 Å². The number of carboxylic acid groups (broad SMARTS) is 1. The van der Waals surface area contributed by atoms with Crippen LogP contribution in [0, 0.1) is 13.8 Å². The highest BCUT2D eigenvalue weighted by Crippen LogP contribution is 2.32. The third-order valence-electron chi connectivity index (χ3n) is 3.91. The summed E-state index contributed by atoms with van der Waals surface area (Å²) in [4.78, 5) is 11.8. The van der Waals surface area contributed by atoms with Gasteiger partial charge in [0.2, 0.25) is 0 Å². The predicted octanol–water partition coefficient (Wildman–Crippen LogP) is 3.86. The monoisotopic (exact) mass is 322 g/mol. The Hall–Kier alpha value is -3.08. The van der Waals surface area contributed by atoms with E-state index >= 15 is 0 Å². The number of aromatic nitrogens is 2. The van der Waals surface area contributed by atoms with E-state index in [1.54, 1.807) is 18.7 Å². The van der Waals surface area contributed by atoms with E-state index < -0.39 is 5.97 Å². The number of aromatic carboxylic acids is 1. The number of aryl methyl sites for hydroxylation is 2. The van der Waals surface area contributed by atoms with Crippen molar-refractivity contribution in [2.75, 3.05) is 7.11 Å². The Morgan fingerprint density at radius 3 is 2.38 bits per heavy atom. The van der Waals surface area contributed by atoms with Crippen LogP contribution < -0.4 is 4.74 Å². The van der Waals surface area contributed by atoms with Crippen molar-refractivity contribution in [3.63, 3.8) is 0 Å². The molecule has 0 aliphatic heterocycles. The Labute approximate surface area is 140 Å². The van der Waals surface area contributed by atoms with Gasteiger partial charge in [-0.25, -0.2) is 9.48 Å². The molecule has 0 bridgehead atoms. The van der Waals surface area contributed by atoms with Crippen molar-refractivity contribution in [1.29, 1.82) is 0 Å². The van der Waals surface area contributed by atoms with E-state index in [2.05, 4.69) is 5.10 Å². The fourth-order valence-corrected chi connectivity index (χ4v) is 2.74. The number of hydrogen-bond acceptors (Lipinski definition) is 3. The highest BCUT2D eigenvalue weighted by Gasteiger charge is 2.24. The molecule has 0 atom stereocenters. The molecule has 1 heterocycles. The van der Waals surface area contributed by atoms with Crippen molar-refractivity contribution in [1.82, 2.24) is 9.78 Å². The lowest BCUT2D eigenvalue weighted by atomic mass is 10.0. The summed E-state index contributed by atoms with van der Waals surface area (Å²) in [6, 6.07) is 15.1. The molecule has 0 fully saturated rings. The number of benzene rings is 2. The molecule has 5 heteroatoms. The molecule has 1 N–H and O–H groups in total. The van der Waals surface area contributed by atoms with Gasteiger partial charge < -0.3 is 9.84 Å². The van der Waals surface area contributed by atoms with E-state index in [9.17, 15) is 9.90 Å². The first-order chi connectivity index (χ1) is 11.5. The molecule has 0 aliphatic carbocycles. The van der Waals surface area contributed by atoms with Gasteiger partial charge in [0.1, 0.15) is 17.0 Å². The first-order valence-corrected chi connectivity index (χ1v) is 7.56. The average Bonchev–Trinajstić information content (AvgIpc) is 2.92. The van der Waals surface area contributed by atoms with E-state index in [1.807, 2.05) is 55.5 Å². The minimum Gasteiger partial charge on any atom is -0.494 e. The molecule has 3 rings (SSSR count). The molecule has 0 aliphatic rings. The smallest absolute Gasteiger partial charge is 0.339 e. The quantitative estimate of drug-likeness (QED) is 0.792. The van der Waals surface area contributed by atoms with Crippen LogP contribution in [0.3, 0.4) is 0 Å². The second kappa shape index (κ2) is 6.20. The molecule has 0 saturated heterocycles. The fraction of sp³-hybridized carbons (Fsp3) is 0.158. The average molecular weight is 322 g/mol. The topological polar surface area (TPSA) is 64.4 Å². The maximum Gasteiger partial charge on any atom is 0.339 e. The van der Waals surface area contributed by atoms with Crippen LogP contribution in [0.25, 0.3) is 16.9 Å². The number of nitrogens with zero attached hydrogens (tertiary/aromatic N) is 2. The molecule has 3 aromatic rings. The number of methoxy groups -OCH3 is 1. The predicted molar refractivity (Wildman–Crippen MR) is 92.0 cm³/mol. The second-order valence-electron chi connectivity index (χ2n) is 5.56.